The van der Waals surface area contributed by atoms with Crippen molar-refractivity contribution in [2.24, 2.45) is 0 Å². The van der Waals surface area contributed by atoms with Gasteiger partial charge < -0.3 is 10.2 Å². The molecule has 0 radical (unpaired) electrons. The lowest BCUT2D eigenvalue weighted by atomic mass is 10.1. The van der Waals surface area contributed by atoms with Crippen molar-refractivity contribution >= 4 is 28.6 Å². The number of hydrogen-bond acceptors (Lipinski definition) is 4. The monoisotopic (exact) mass is 383 g/mol. The smallest absolute Gasteiger partial charge is 0.230 e. The molecule has 6 heteroatoms. The van der Waals surface area contributed by atoms with Crippen LogP contribution in [0, 0.1) is 12.7 Å². The van der Waals surface area contributed by atoms with E-state index in [1.54, 1.807) is 12.1 Å². The first kappa shape index (κ1) is 19.0. The maximum atomic E-state index is 13.0. The zero-order valence-electron chi connectivity index (χ0n) is 15.6. The molecule has 3 aromatic rings. The largest absolute Gasteiger partial charge is 0.378 e. The molecule has 0 saturated heterocycles. The molecular formula is C21H22FN3OS. The Morgan fingerprint density at radius 1 is 1.19 bits per heavy atom. The fourth-order valence-corrected chi connectivity index (χ4v) is 3.54. The number of nitrogens with one attached hydrogen (secondary N) is 1. The third kappa shape index (κ3) is 5.14. The molecule has 4 nitrogen and oxygen atoms in total. The van der Waals surface area contributed by atoms with Crippen molar-refractivity contribution in [3.8, 4) is 0 Å². The van der Waals surface area contributed by atoms with Crippen LogP contribution in [-0.2, 0) is 17.6 Å². The SMILES string of the molecule is Cc1cc(N(C)C)ccc1NC(=O)Cc1csc(Cc2ccc(F)cc2)n1. The van der Waals surface area contributed by atoms with Gasteiger partial charge in [-0.25, -0.2) is 9.37 Å². The van der Waals surface area contributed by atoms with Gasteiger partial charge in [-0.15, -0.1) is 11.3 Å². The molecule has 140 valence electrons. The minimum Gasteiger partial charge on any atom is -0.378 e. The zero-order valence-corrected chi connectivity index (χ0v) is 16.4. The molecule has 0 saturated carbocycles. The predicted molar refractivity (Wildman–Crippen MR) is 109 cm³/mol. The van der Waals surface area contributed by atoms with Crippen LogP contribution in [0.3, 0.4) is 0 Å². The van der Waals surface area contributed by atoms with E-state index in [0.717, 1.165) is 33.2 Å². The molecule has 0 aliphatic rings. The summed E-state index contributed by atoms with van der Waals surface area (Å²) in [5.41, 5.74) is 4.67. The average Bonchev–Trinajstić information content (AvgIpc) is 3.05. The molecule has 0 aliphatic carbocycles. The highest BCUT2D eigenvalue weighted by Gasteiger charge is 2.10. The number of aryl methyl sites for hydroxylation is 1. The number of carbonyl (C=O) groups is 1. The van der Waals surface area contributed by atoms with Crippen molar-refractivity contribution in [2.45, 2.75) is 19.8 Å². The van der Waals surface area contributed by atoms with Gasteiger partial charge in [-0.05, 0) is 48.4 Å². The van der Waals surface area contributed by atoms with Gasteiger partial charge in [-0.2, -0.15) is 0 Å². The number of amides is 1. The van der Waals surface area contributed by atoms with Crippen LogP contribution < -0.4 is 10.2 Å². The molecule has 1 aromatic heterocycles. The van der Waals surface area contributed by atoms with E-state index in [2.05, 4.69) is 10.3 Å². The lowest BCUT2D eigenvalue weighted by Gasteiger charge is -2.15. The maximum absolute atomic E-state index is 13.0. The summed E-state index contributed by atoms with van der Waals surface area (Å²) in [6.07, 6.45) is 0.868. The van der Waals surface area contributed by atoms with E-state index in [-0.39, 0.29) is 18.1 Å². The summed E-state index contributed by atoms with van der Waals surface area (Å²) in [7, 11) is 3.97. The van der Waals surface area contributed by atoms with Gasteiger partial charge in [-0.1, -0.05) is 12.1 Å². The minimum absolute atomic E-state index is 0.0886. The molecule has 1 N–H and O–H groups in total. The molecule has 3 rings (SSSR count). The van der Waals surface area contributed by atoms with Crippen LogP contribution in [0.5, 0.6) is 0 Å². The summed E-state index contributed by atoms with van der Waals surface area (Å²) in [4.78, 5) is 18.9. The normalized spacial score (nSPS) is 10.7. The number of nitrogens with zero attached hydrogens (tertiary/aromatic N) is 2. The first-order valence-electron chi connectivity index (χ1n) is 8.66. The van der Waals surface area contributed by atoms with Crippen LogP contribution in [0.2, 0.25) is 0 Å². The molecule has 1 amide bonds. The van der Waals surface area contributed by atoms with Gasteiger partial charge in [0, 0.05) is 37.3 Å². The molecule has 0 unspecified atom stereocenters. The van der Waals surface area contributed by atoms with Crippen molar-refractivity contribution < 1.29 is 9.18 Å². The average molecular weight is 383 g/mol. The summed E-state index contributed by atoms with van der Waals surface area (Å²) in [6.45, 7) is 1.98. The number of halogens is 1. The topological polar surface area (TPSA) is 45.2 Å². The quantitative estimate of drug-likeness (QED) is 0.685. The molecule has 0 spiro atoms. The predicted octanol–water partition coefficient (Wildman–Crippen LogP) is 4.43. The molecule has 0 atom stereocenters. The highest BCUT2D eigenvalue weighted by Crippen LogP contribution is 2.22. The summed E-state index contributed by atoms with van der Waals surface area (Å²) >= 11 is 1.51. The zero-order chi connectivity index (χ0) is 19.4. The lowest BCUT2D eigenvalue weighted by Crippen LogP contribution is -2.16. The minimum atomic E-state index is -0.246. The molecule has 27 heavy (non-hydrogen) atoms. The van der Waals surface area contributed by atoms with E-state index >= 15 is 0 Å². The van der Waals surface area contributed by atoms with Gasteiger partial charge in [0.25, 0.3) is 0 Å². The Morgan fingerprint density at radius 3 is 2.59 bits per heavy atom. The number of thiazole rings is 1. The van der Waals surface area contributed by atoms with Crippen LogP contribution in [0.1, 0.15) is 21.8 Å². The Hall–Kier alpha value is -2.73. The van der Waals surface area contributed by atoms with Crippen molar-refractivity contribution in [1.29, 1.82) is 0 Å². The first-order chi connectivity index (χ1) is 12.9. The van der Waals surface area contributed by atoms with E-state index in [0.29, 0.717) is 6.42 Å². The second-order valence-corrected chi connectivity index (χ2v) is 7.60. The van der Waals surface area contributed by atoms with Crippen molar-refractivity contribution in [3.05, 3.63) is 75.5 Å². The van der Waals surface area contributed by atoms with Gasteiger partial charge in [0.15, 0.2) is 0 Å². The summed E-state index contributed by atoms with van der Waals surface area (Å²) in [5, 5.41) is 5.77. The number of carbonyl (C=O) groups excluding carboxylic acids is 1. The Labute approximate surface area is 162 Å². The van der Waals surface area contributed by atoms with Crippen LogP contribution in [-0.4, -0.2) is 25.0 Å². The molecular weight excluding hydrogens is 361 g/mol. The van der Waals surface area contributed by atoms with Gasteiger partial charge in [-0.3, -0.25) is 4.79 Å². The molecule has 0 bridgehead atoms. The van der Waals surface area contributed by atoms with Crippen molar-refractivity contribution in [2.75, 3.05) is 24.3 Å². The van der Waals surface area contributed by atoms with Gasteiger partial charge in [0.05, 0.1) is 17.1 Å². The lowest BCUT2D eigenvalue weighted by molar-refractivity contribution is -0.115. The van der Waals surface area contributed by atoms with E-state index in [9.17, 15) is 9.18 Å². The first-order valence-corrected chi connectivity index (χ1v) is 9.54. The van der Waals surface area contributed by atoms with Gasteiger partial charge in [0.2, 0.25) is 5.91 Å². The van der Waals surface area contributed by atoms with E-state index in [1.165, 1.54) is 23.5 Å². The highest BCUT2D eigenvalue weighted by atomic mass is 32.1. The fraction of sp³-hybridized carbons (Fsp3) is 0.238. The summed E-state index contributed by atoms with van der Waals surface area (Å²) < 4.78 is 13.0. The third-order valence-electron chi connectivity index (χ3n) is 4.21. The maximum Gasteiger partial charge on any atom is 0.230 e. The Balaban J connectivity index is 1.60. The Bertz CT molecular complexity index is 935. The standard InChI is InChI=1S/C21H22FN3OS/c1-14-10-18(25(2)3)8-9-19(14)24-20(26)12-17-13-27-21(23-17)11-15-4-6-16(22)7-5-15/h4-10,13H,11-12H2,1-3H3,(H,24,26). The number of aromatic nitrogens is 1. The number of hydrogen-bond donors (Lipinski definition) is 1. The van der Waals surface area contributed by atoms with Crippen LogP contribution in [0.25, 0.3) is 0 Å². The van der Waals surface area contributed by atoms with E-state index < -0.39 is 0 Å². The van der Waals surface area contributed by atoms with E-state index in [1.807, 2.05) is 49.5 Å². The van der Waals surface area contributed by atoms with Crippen LogP contribution in [0.15, 0.2) is 47.8 Å². The summed E-state index contributed by atoms with van der Waals surface area (Å²) in [5.74, 6) is -0.335. The van der Waals surface area contributed by atoms with E-state index in [4.69, 9.17) is 0 Å². The second-order valence-electron chi connectivity index (χ2n) is 6.65. The third-order valence-corrected chi connectivity index (χ3v) is 5.11. The fourth-order valence-electron chi connectivity index (χ4n) is 2.71. The summed E-state index contributed by atoms with van der Waals surface area (Å²) in [6, 6.07) is 12.3. The van der Waals surface area contributed by atoms with Gasteiger partial charge in [0.1, 0.15) is 5.82 Å². The second kappa shape index (κ2) is 8.31. The molecule has 0 fully saturated rings. The number of anilines is 2. The number of rotatable bonds is 6. The van der Waals surface area contributed by atoms with Gasteiger partial charge >= 0.3 is 0 Å². The Kier molecular flexibility index (Phi) is 5.86. The van der Waals surface area contributed by atoms with Crippen molar-refractivity contribution in [3.63, 3.8) is 0 Å². The number of benzene rings is 2. The van der Waals surface area contributed by atoms with Crippen LogP contribution >= 0.6 is 11.3 Å². The molecule has 0 aliphatic heterocycles. The highest BCUT2D eigenvalue weighted by molar-refractivity contribution is 7.09. The van der Waals surface area contributed by atoms with Crippen molar-refractivity contribution in [1.82, 2.24) is 4.98 Å². The molecule has 1 heterocycles. The Morgan fingerprint density at radius 2 is 1.93 bits per heavy atom. The molecule has 2 aromatic carbocycles. The van der Waals surface area contributed by atoms with Crippen LogP contribution in [0.4, 0.5) is 15.8 Å².